The van der Waals surface area contributed by atoms with E-state index in [1.165, 1.54) is 0 Å². The van der Waals surface area contributed by atoms with E-state index in [4.69, 9.17) is 21.7 Å². The summed E-state index contributed by atoms with van der Waals surface area (Å²) in [5, 5.41) is 5.48. The van der Waals surface area contributed by atoms with Crippen LogP contribution in [0.4, 0.5) is 0 Å². The maximum atomic E-state index is 12.8. The van der Waals surface area contributed by atoms with Crippen molar-refractivity contribution < 1.29 is 23.9 Å². The number of hydrogen-bond acceptors (Lipinski definition) is 6. The Kier molecular flexibility index (Phi) is 10.0. The van der Waals surface area contributed by atoms with E-state index in [0.29, 0.717) is 35.5 Å². The minimum Gasteiger partial charge on any atom is -0.492 e. The van der Waals surface area contributed by atoms with Gasteiger partial charge in [0.1, 0.15) is 18.4 Å². The first kappa shape index (κ1) is 26.6. The van der Waals surface area contributed by atoms with Crippen LogP contribution in [0.1, 0.15) is 42.1 Å². The number of benzene rings is 2. The molecule has 3 rings (SSSR count). The first-order chi connectivity index (χ1) is 16.9. The van der Waals surface area contributed by atoms with Gasteiger partial charge >= 0.3 is 5.97 Å². The molecule has 10 heteroatoms. The van der Waals surface area contributed by atoms with Gasteiger partial charge in [-0.2, -0.15) is 0 Å². The van der Waals surface area contributed by atoms with Crippen LogP contribution < -0.4 is 15.4 Å². The summed E-state index contributed by atoms with van der Waals surface area (Å²) in [6, 6.07) is 13.4. The molecular formula is C25H28BrN3O5S. The molecule has 35 heavy (non-hydrogen) atoms. The highest BCUT2D eigenvalue weighted by Crippen LogP contribution is 2.26. The van der Waals surface area contributed by atoms with Gasteiger partial charge in [-0.1, -0.05) is 43.7 Å². The van der Waals surface area contributed by atoms with Crippen molar-refractivity contribution in [3.63, 3.8) is 0 Å². The number of carbonyl (C=O) groups is 3. The van der Waals surface area contributed by atoms with E-state index in [0.717, 1.165) is 18.4 Å². The van der Waals surface area contributed by atoms with Crippen LogP contribution in [0.2, 0.25) is 0 Å². The normalized spacial score (nSPS) is 15.2. The number of amides is 2. The number of esters is 1. The van der Waals surface area contributed by atoms with Gasteiger partial charge in [-0.25, -0.2) is 0 Å². The summed E-state index contributed by atoms with van der Waals surface area (Å²) in [5.41, 5.74) is 1.23. The topological polar surface area (TPSA) is 97.0 Å². The number of ether oxygens (including phenoxy) is 2. The molecule has 1 atom stereocenters. The number of carbonyl (C=O) groups excluding carboxylic acids is 3. The second-order valence-electron chi connectivity index (χ2n) is 7.96. The molecule has 2 aromatic rings. The van der Waals surface area contributed by atoms with E-state index in [-0.39, 0.29) is 24.0 Å². The number of thiocarbonyl (C=S) groups is 1. The monoisotopic (exact) mass is 561 g/mol. The molecule has 2 amide bonds. The summed E-state index contributed by atoms with van der Waals surface area (Å²) in [7, 11) is 0. The predicted octanol–water partition coefficient (Wildman–Crippen LogP) is 3.58. The summed E-state index contributed by atoms with van der Waals surface area (Å²) < 4.78 is 11.7. The molecule has 0 bridgehead atoms. The average molecular weight is 562 g/mol. The van der Waals surface area contributed by atoms with E-state index >= 15 is 0 Å². The van der Waals surface area contributed by atoms with Gasteiger partial charge in [0.2, 0.25) is 5.91 Å². The van der Waals surface area contributed by atoms with E-state index in [1.54, 1.807) is 23.1 Å². The lowest BCUT2D eigenvalue weighted by Gasteiger charge is -2.36. The lowest BCUT2D eigenvalue weighted by atomic mass is 10.1. The zero-order chi connectivity index (χ0) is 25.2. The van der Waals surface area contributed by atoms with Crippen molar-refractivity contribution in [2.75, 3.05) is 19.7 Å². The number of nitrogens with one attached hydrogen (secondary N) is 2. The fourth-order valence-corrected chi connectivity index (χ4v) is 4.25. The molecule has 8 nitrogen and oxygen atoms in total. The molecule has 0 aromatic heterocycles. The van der Waals surface area contributed by atoms with E-state index in [2.05, 4.69) is 33.5 Å². The zero-order valence-corrected chi connectivity index (χ0v) is 21.8. The lowest BCUT2D eigenvalue weighted by molar-refractivity contribution is -0.148. The Bertz CT molecular complexity index is 1070. The van der Waals surface area contributed by atoms with Gasteiger partial charge in [0.25, 0.3) is 5.91 Å². The summed E-state index contributed by atoms with van der Waals surface area (Å²) in [4.78, 5) is 39.3. The molecule has 1 unspecified atom stereocenters. The largest absolute Gasteiger partial charge is 0.492 e. The number of nitrogens with zero attached hydrogens (tertiary/aromatic N) is 1. The van der Waals surface area contributed by atoms with E-state index < -0.39 is 17.9 Å². The van der Waals surface area contributed by atoms with Crippen LogP contribution in [0.15, 0.2) is 53.0 Å². The third-order valence-electron chi connectivity index (χ3n) is 5.36. The third-order valence-corrected chi connectivity index (χ3v) is 6.32. The van der Waals surface area contributed by atoms with Crippen molar-refractivity contribution in [2.24, 2.45) is 0 Å². The molecular weight excluding hydrogens is 534 g/mol. The lowest BCUT2D eigenvalue weighted by Crippen LogP contribution is -2.60. The van der Waals surface area contributed by atoms with Crippen molar-refractivity contribution in [1.82, 2.24) is 15.5 Å². The number of rotatable bonds is 9. The van der Waals surface area contributed by atoms with Gasteiger partial charge in [0, 0.05) is 18.7 Å². The summed E-state index contributed by atoms with van der Waals surface area (Å²) in [6.07, 6.45) is 1.77. The highest BCUT2D eigenvalue weighted by molar-refractivity contribution is 9.10. The molecule has 186 valence electrons. The highest BCUT2D eigenvalue weighted by Gasteiger charge is 2.34. The van der Waals surface area contributed by atoms with Gasteiger partial charge in [0.05, 0.1) is 17.5 Å². The summed E-state index contributed by atoms with van der Waals surface area (Å²) in [6.45, 7) is 3.49. The molecule has 1 saturated heterocycles. The van der Waals surface area contributed by atoms with Crippen molar-refractivity contribution in [3.8, 4) is 5.75 Å². The number of hydrogen-bond donors (Lipinski definition) is 2. The Morgan fingerprint density at radius 1 is 1.23 bits per heavy atom. The second-order valence-corrected chi connectivity index (χ2v) is 9.20. The van der Waals surface area contributed by atoms with Gasteiger partial charge in [-0.15, -0.1) is 0 Å². The Morgan fingerprint density at radius 2 is 2.00 bits per heavy atom. The first-order valence-electron chi connectivity index (χ1n) is 11.4. The molecule has 1 aliphatic heterocycles. The highest BCUT2D eigenvalue weighted by atomic mass is 79.9. The fourth-order valence-electron chi connectivity index (χ4n) is 3.44. The number of unbranched alkanes of at least 4 members (excludes halogenated alkanes) is 1. The van der Waals surface area contributed by atoms with Crippen LogP contribution in [0.25, 0.3) is 0 Å². The molecule has 2 N–H and O–H groups in total. The third kappa shape index (κ3) is 7.76. The standard InChI is InChI=1S/C25H28BrN3O5S/c1-2-3-13-33-21-10-9-18(14-19(21)26)23(31)28-25(35)29-12-11-27-24(32)20(29)15-22(30)34-16-17-7-5-4-6-8-17/h4-10,14,20H,2-3,11-13,15-16H2,1H3,(H,27,32)(H,28,31,35). The van der Waals surface area contributed by atoms with Crippen LogP contribution >= 0.6 is 28.1 Å². The molecule has 1 aliphatic rings. The van der Waals surface area contributed by atoms with Crippen molar-refractivity contribution in [1.29, 1.82) is 0 Å². The fraction of sp³-hybridized carbons (Fsp3) is 0.360. The van der Waals surface area contributed by atoms with E-state index in [9.17, 15) is 14.4 Å². The number of piperazine rings is 1. The minimum absolute atomic E-state index is 0.0742. The molecule has 2 aromatic carbocycles. The van der Waals surface area contributed by atoms with Gasteiger partial charge < -0.3 is 19.7 Å². The van der Waals surface area contributed by atoms with Crippen LogP contribution in [0.5, 0.6) is 5.75 Å². The van der Waals surface area contributed by atoms with Crippen LogP contribution in [-0.2, 0) is 20.9 Å². The Balaban J connectivity index is 1.59. The molecule has 0 saturated carbocycles. The van der Waals surface area contributed by atoms with Crippen LogP contribution in [-0.4, -0.2) is 53.5 Å². The van der Waals surface area contributed by atoms with Gasteiger partial charge in [0.15, 0.2) is 5.11 Å². The molecule has 0 aliphatic carbocycles. The van der Waals surface area contributed by atoms with Crippen molar-refractivity contribution in [2.45, 2.75) is 38.8 Å². The van der Waals surface area contributed by atoms with Crippen LogP contribution in [0, 0.1) is 0 Å². The Hall–Kier alpha value is -2.98. The van der Waals surface area contributed by atoms with Gasteiger partial charge in [-0.05, 0) is 58.3 Å². The quantitative estimate of drug-likeness (QED) is 0.274. The summed E-state index contributed by atoms with van der Waals surface area (Å²) >= 11 is 8.86. The second kappa shape index (κ2) is 13.2. The Morgan fingerprint density at radius 3 is 2.71 bits per heavy atom. The SMILES string of the molecule is CCCCOc1ccc(C(=O)NC(=S)N2CCNC(=O)C2CC(=O)OCc2ccccc2)cc1Br. The number of halogens is 1. The maximum Gasteiger partial charge on any atom is 0.308 e. The van der Waals surface area contributed by atoms with Crippen LogP contribution in [0.3, 0.4) is 0 Å². The Labute approximate surface area is 218 Å². The van der Waals surface area contributed by atoms with Gasteiger partial charge in [-0.3, -0.25) is 19.7 Å². The average Bonchev–Trinajstić information content (AvgIpc) is 2.85. The van der Waals surface area contributed by atoms with Crippen molar-refractivity contribution >= 4 is 51.0 Å². The smallest absolute Gasteiger partial charge is 0.308 e. The predicted molar refractivity (Wildman–Crippen MR) is 139 cm³/mol. The first-order valence-corrected chi connectivity index (χ1v) is 12.6. The van der Waals surface area contributed by atoms with E-state index in [1.807, 2.05) is 30.3 Å². The zero-order valence-electron chi connectivity index (χ0n) is 19.4. The maximum absolute atomic E-state index is 12.8. The minimum atomic E-state index is -0.874. The molecule has 1 heterocycles. The molecule has 1 fully saturated rings. The van der Waals surface area contributed by atoms with Crippen molar-refractivity contribution in [3.05, 3.63) is 64.1 Å². The summed E-state index contributed by atoms with van der Waals surface area (Å²) in [5.74, 6) is -0.648. The molecule has 0 spiro atoms. The molecule has 0 radical (unpaired) electrons.